The van der Waals surface area contributed by atoms with Crippen molar-refractivity contribution in [3.63, 3.8) is 0 Å². The van der Waals surface area contributed by atoms with Crippen molar-refractivity contribution in [1.29, 1.82) is 5.26 Å². The smallest absolute Gasteiger partial charge is 0.250 e. The predicted molar refractivity (Wildman–Crippen MR) is 68.4 cm³/mol. The first-order chi connectivity index (χ1) is 9.19. The molecule has 92 valence electrons. The molecule has 3 aromatic heterocycles. The Hall–Kier alpha value is -2.94. The van der Waals surface area contributed by atoms with Gasteiger partial charge in [-0.05, 0) is 18.2 Å². The van der Waals surface area contributed by atoms with E-state index in [4.69, 9.17) is 5.26 Å². The van der Waals surface area contributed by atoms with Crippen molar-refractivity contribution < 1.29 is 0 Å². The fourth-order valence-corrected chi connectivity index (χ4v) is 1.84. The highest BCUT2D eigenvalue weighted by molar-refractivity contribution is 5.59. The van der Waals surface area contributed by atoms with Crippen molar-refractivity contribution in [1.82, 2.24) is 19.2 Å². The number of fused-ring (bicyclic) bond motifs is 1. The van der Waals surface area contributed by atoms with E-state index in [1.54, 1.807) is 42.0 Å². The maximum absolute atomic E-state index is 11.6. The Morgan fingerprint density at radius 1 is 1.26 bits per heavy atom. The molecule has 6 heteroatoms. The van der Waals surface area contributed by atoms with Gasteiger partial charge < -0.3 is 4.57 Å². The zero-order chi connectivity index (χ0) is 13.4. The lowest BCUT2D eigenvalue weighted by atomic mass is 10.2. The SMILES string of the molecule is Cn1ccc(-c2nnc3ccc(C#N)cn23)cc1=O. The molecule has 0 aromatic carbocycles. The molecule has 0 fully saturated rings. The van der Waals surface area contributed by atoms with Gasteiger partial charge in [-0.3, -0.25) is 9.20 Å². The maximum atomic E-state index is 11.6. The largest absolute Gasteiger partial charge is 0.319 e. The number of hydrogen-bond acceptors (Lipinski definition) is 4. The van der Waals surface area contributed by atoms with Crippen LogP contribution in [0.5, 0.6) is 0 Å². The lowest BCUT2D eigenvalue weighted by molar-refractivity contribution is 0.860. The van der Waals surface area contributed by atoms with Gasteiger partial charge in [0.05, 0.1) is 5.56 Å². The molecule has 0 saturated heterocycles. The molecule has 0 aliphatic rings. The van der Waals surface area contributed by atoms with Crippen LogP contribution in [0, 0.1) is 11.3 Å². The van der Waals surface area contributed by atoms with Crippen LogP contribution in [0.15, 0.2) is 41.5 Å². The minimum absolute atomic E-state index is 0.120. The van der Waals surface area contributed by atoms with E-state index in [1.807, 2.05) is 0 Å². The quantitative estimate of drug-likeness (QED) is 0.645. The summed E-state index contributed by atoms with van der Waals surface area (Å²) < 4.78 is 3.18. The third-order valence-electron chi connectivity index (χ3n) is 2.89. The minimum atomic E-state index is -0.120. The molecule has 3 rings (SSSR count). The highest BCUT2D eigenvalue weighted by Crippen LogP contribution is 2.16. The fraction of sp³-hybridized carbons (Fsp3) is 0.0769. The van der Waals surface area contributed by atoms with Crippen LogP contribution < -0.4 is 5.56 Å². The molecule has 19 heavy (non-hydrogen) atoms. The van der Waals surface area contributed by atoms with Crippen molar-refractivity contribution in [2.45, 2.75) is 0 Å². The van der Waals surface area contributed by atoms with Crippen LogP contribution in [0.2, 0.25) is 0 Å². The standard InChI is InChI=1S/C13H9N5O/c1-17-5-4-10(6-12(17)19)13-16-15-11-3-2-9(7-14)8-18(11)13/h2-6,8H,1H3. The summed E-state index contributed by atoms with van der Waals surface area (Å²) in [5.74, 6) is 0.546. The van der Waals surface area contributed by atoms with Crippen LogP contribution in [0.3, 0.4) is 0 Å². The van der Waals surface area contributed by atoms with Gasteiger partial charge in [0.15, 0.2) is 11.5 Å². The molecule has 0 atom stereocenters. The second kappa shape index (κ2) is 4.07. The van der Waals surface area contributed by atoms with Crippen LogP contribution >= 0.6 is 0 Å². The van der Waals surface area contributed by atoms with Gasteiger partial charge in [-0.25, -0.2) is 0 Å². The topological polar surface area (TPSA) is 76.0 Å². The highest BCUT2D eigenvalue weighted by atomic mass is 16.1. The highest BCUT2D eigenvalue weighted by Gasteiger charge is 2.09. The Morgan fingerprint density at radius 3 is 2.84 bits per heavy atom. The number of hydrogen-bond donors (Lipinski definition) is 0. The molecule has 0 radical (unpaired) electrons. The van der Waals surface area contributed by atoms with Crippen LogP contribution in [0.1, 0.15) is 5.56 Å². The Balaban J connectivity index is 2.27. The van der Waals surface area contributed by atoms with Crippen LogP contribution in [-0.4, -0.2) is 19.2 Å². The number of pyridine rings is 2. The van der Waals surface area contributed by atoms with E-state index >= 15 is 0 Å². The normalized spacial score (nSPS) is 10.5. The van der Waals surface area contributed by atoms with Gasteiger partial charge in [0.25, 0.3) is 5.56 Å². The molecular weight excluding hydrogens is 242 g/mol. The molecule has 6 nitrogen and oxygen atoms in total. The van der Waals surface area contributed by atoms with E-state index in [0.717, 1.165) is 0 Å². The van der Waals surface area contributed by atoms with Gasteiger partial charge in [0.2, 0.25) is 0 Å². The molecule has 0 saturated carbocycles. The molecule has 0 N–H and O–H groups in total. The van der Waals surface area contributed by atoms with Crippen LogP contribution in [-0.2, 0) is 7.05 Å². The molecule has 0 spiro atoms. The first kappa shape index (κ1) is 11.2. The zero-order valence-corrected chi connectivity index (χ0v) is 10.1. The summed E-state index contributed by atoms with van der Waals surface area (Å²) in [6, 6.07) is 8.75. The van der Waals surface area contributed by atoms with Crippen molar-refractivity contribution >= 4 is 5.65 Å². The minimum Gasteiger partial charge on any atom is -0.319 e. The summed E-state index contributed by atoms with van der Waals surface area (Å²) in [7, 11) is 1.68. The first-order valence-corrected chi connectivity index (χ1v) is 5.61. The van der Waals surface area contributed by atoms with Crippen molar-refractivity contribution in [3.8, 4) is 17.5 Å². The number of nitriles is 1. The third-order valence-corrected chi connectivity index (χ3v) is 2.89. The first-order valence-electron chi connectivity index (χ1n) is 5.61. The summed E-state index contributed by atoms with van der Waals surface area (Å²) in [6.07, 6.45) is 3.33. The Kier molecular flexibility index (Phi) is 2.39. The number of nitrogens with zero attached hydrogens (tertiary/aromatic N) is 5. The Labute approximate surface area is 108 Å². The monoisotopic (exact) mass is 251 g/mol. The molecule has 0 unspecified atom stereocenters. The third kappa shape index (κ3) is 1.77. The molecule has 3 heterocycles. The number of aromatic nitrogens is 4. The van der Waals surface area contributed by atoms with E-state index in [2.05, 4.69) is 16.3 Å². The van der Waals surface area contributed by atoms with Gasteiger partial charge in [-0.1, -0.05) is 0 Å². The predicted octanol–water partition coefficient (Wildman–Crippen LogP) is 0.967. The van der Waals surface area contributed by atoms with Crippen LogP contribution in [0.4, 0.5) is 0 Å². The summed E-state index contributed by atoms with van der Waals surface area (Å²) >= 11 is 0. The van der Waals surface area contributed by atoms with Gasteiger partial charge >= 0.3 is 0 Å². The average Bonchev–Trinajstić information content (AvgIpc) is 2.84. The van der Waals surface area contributed by atoms with Gasteiger partial charge in [-0.15, -0.1) is 10.2 Å². The molecule has 0 aliphatic carbocycles. The summed E-state index contributed by atoms with van der Waals surface area (Å²) in [5, 5.41) is 17.0. The van der Waals surface area contributed by atoms with Crippen molar-refractivity contribution in [3.05, 3.63) is 52.6 Å². The van der Waals surface area contributed by atoms with Gasteiger partial charge in [-0.2, -0.15) is 5.26 Å². The summed E-state index contributed by atoms with van der Waals surface area (Å²) in [4.78, 5) is 11.6. The second-order valence-corrected chi connectivity index (χ2v) is 4.15. The number of rotatable bonds is 1. The van der Waals surface area contributed by atoms with E-state index in [9.17, 15) is 4.79 Å². The van der Waals surface area contributed by atoms with E-state index in [-0.39, 0.29) is 5.56 Å². The fourth-order valence-electron chi connectivity index (χ4n) is 1.84. The second-order valence-electron chi connectivity index (χ2n) is 4.15. The van der Waals surface area contributed by atoms with Crippen molar-refractivity contribution in [2.75, 3.05) is 0 Å². The molecule has 0 amide bonds. The number of aryl methyl sites for hydroxylation is 1. The lowest BCUT2D eigenvalue weighted by Crippen LogP contribution is -2.14. The maximum Gasteiger partial charge on any atom is 0.250 e. The van der Waals surface area contributed by atoms with Crippen LogP contribution in [0.25, 0.3) is 17.0 Å². The lowest BCUT2D eigenvalue weighted by Gasteiger charge is -2.01. The summed E-state index contributed by atoms with van der Waals surface area (Å²) in [5.41, 5.74) is 1.70. The molecule has 0 bridgehead atoms. The average molecular weight is 251 g/mol. The van der Waals surface area contributed by atoms with Gasteiger partial charge in [0, 0.05) is 31.1 Å². The molecule has 3 aromatic rings. The Bertz CT molecular complexity index is 869. The van der Waals surface area contributed by atoms with Crippen molar-refractivity contribution in [2.24, 2.45) is 7.05 Å². The molecular formula is C13H9N5O. The summed E-state index contributed by atoms with van der Waals surface area (Å²) in [6.45, 7) is 0. The van der Waals surface area contributed by atoms with E-state index in [0.29, 0.717) is 22.6 Å². The van der Waals surface area contributed by atoms with Gasteiger partial charge in [0.1, 0.15) is 6.07 Å². The zero-order valence-electron chi connectivity index (χ0n) is 10.1. The Morgan fingerprint density at radius 2 is 2.11 bits per heavy atom. The molecule has 0 aliphatic heterocycles. The van der Waals surface area contributed by atoms with E-state index in [1.165, 1.54) is 10.6 Å². The van der Waals surface area contributed by atoms with E-state index < -0.39 is 0 Å².